The zero-order valence-electron chi connectivity index (χ0n) is 12.9. The van der Waals surface area contributed by atoms with Gasteiger partial charge >= 0.3 is 0 Å². The molecule has 0 aliphatic carbocycles. The molecule has 21 heavy (non-hydrogen) atoms. The number of carbonyl (C=O) groups excluding carboxylic acids is 1. The summed E-state index contributed by atoms with van der Waals surface area (Å²) in [6, 6.07) is 8.01. The number of nitrogens with one attached hydrogen (secondary N) is 2. The molecule has 1 amide bonds. The Morgan fingerprint density at radius 3 is 2.81 bits per heavy atom. The number of benzene rings is 1. The van der Waals surface area contributed by atoms with E-state index in [2.05, 4.69) is 22.5 Å². The number of hydrogen-bond donors (Lipinski definition) is 2. The summed E-state index contributed by atoms with van der Waals surface area (Å²) < 4.78 is 5.64. The first-order chi connectivity index (χ1) is 10.2. The van der Waals surface area contributed by atoms with Crippen molar-refractivity contribution in [1.29, 1.82) is 0 Å². The van der Waals surface area contributed by atoms with Crippen LogP contribution in [0.1, 0.15) is 12.5 Å². The van der Waals surface area contributed by atoms with E-state index in [1.54, 1.807) is 0 Å². The zero-order valence-corrected chi connectivity index (χ0v) is 12.9. The van der Waals surface area contributed by atoms with Gasteiger partial charge in [-0.1, -0.05) is 19.1 Å². The van der Waals surface area contributed by atoms with Crippen molar-refractivity contribution in [3.05, 3.63) is 29.8 Å². The summed E-state index contributed by atoms with van der Waals surface area (Å²) in [6.07, 6.45) is 1.18. The van der Waals surface area contributed by atoms with Crippen LogP contribution in [0.15, 0.2) is 24.3 Å². The van der Waals surface area contributed by atoms with E-state index in [1.807, 2.05) is 31.3 Å². The summed E-state index contributed by atoms with van der Waals surface area (Å²) in [6.45, 7) is 5.64. The van der Waals surface area contributed by atoms with Crippen molar-refractivity contribution in [2.24, 2.45) is 0 Å². The quantitative estimate of drug-likeness (QED) is 0.824. The van der Waals surface area contributed by atoms with Crippen LogP contribution in [0.4, 0.5) is 5.69 Å². The van der Waals surface area contributed by atoms with Gasteiger partial charge in [-0.25, -0.2) is 0 Å². The smallest absolute Gasteiger partial charge is 0.238 e. The Labute approximate surface area is 126 Å². The molecule has 0 spiro atoms. The monoisotopic (exact) mass is 291 g/mol. The molecular weight excluding hydrogens is 266 g/mol. The van der Waals surface area contributed by atoms with Gasteiger partial charge in [0.2, 0.25) is 5.91 Å². The average Bonchev–Trinajstić information content (AvgIpc) is 2.48. The van der Waals surface area contributed by atoms with E-state index in [-0.39, 0.29) is 12.0 Å². The van der Waals surface area contributed by atoms with Crippen LogP contribution in [-0.2, 0) is 16.0 Å². The largest absolute Gasteiger partial charge is 0.374 e. The summed E-state index contributed by atoms with van der Waals surface area (Å²) in [7, 11) is 1.91. The SMILES string of the molecule is CCc1ccc(NC(=O)CN2CCOC(CNC)C2)cc1. The first-order valence-electron chi connectivity index (χ1n) is 7.58. The lowest BCUT2D eigenvalue weighted by Crippen LogP contribution is -2.48. The highest BCUT2D eigenvalue weighted by Gasteiger charge is 2.21. The maximum absolute atomic E-state index is 12.1. The van der Waals surface area contributed by atoms with Crippen molar-refractivity contribution >= 4 is 11.6 Å². The molecule has 1 aromatic rings. The standard InChI is InChI=1S/C16H25N3O2/c1-3-13-4-6-14(7-5-13)18-16(20)12-19-8-9-21-15(11-19)10-17-2/h4-7,15,17H,3,8-12H2,1-2H3,(H,18,20). The molecule has 5 heteroatoms. The second kappa shape index (κ2) is 8.12. The first kappa shape index (κ1) is 15.9. The lowest BCUT2D eigenvalue weighted by molar-refractivity contribution is -0.119. The molecule has 1 aliphatic rings. The minimum atomic E-state index is 0.0318. The molecule has 116 valence electrons. The maximum atomic E-state index is 12.1. The molecule has 0 radical (unpaired) electrons. The summed E-state index contributed by atoms with van der Waals surface area (Å²) in [4.78, 5) is 14.2. The van der Waals surface area contributed by atoms with Gasteiger partial charge in [0, 0.05) is 25.3 Å². The highest BCUT2D eigenvalue weighted by molar-refractivity contribution is 5.92. The number of amides is 1. The van der Waals surface area contributed by atoms with Gasteiger partial charge in [-0.15, -0.1) is 0 Å². The number of rotatable bonds is 6. The van der Waals surface area contributed by atoms with E-state index >= 15 is 0 Å². The summed E-state index contributed by atoms with van der Waals surface area (Å²) in [5.41, 5.74) is 2.13. The van der Waals surface area contributed by atoms with Crippen LogP contribution < -0.4 is 10.6 Å². The van der Waals surface area contributed by atoms with Crippen LogP contribution >= 0.6 is 0 Å². The number of ether oxygens (including phenoxy) is 1. The van der Waals surface area contributed by atoms with Gasteiger partial charge in [-0.05, 0) is 31.2 Å². The fraction of sp³-hybridized carbons (Fsp3) is 0.562. The molecule has 1 fully saturated rings. The highest BCUT2D eigenvalue weighted by atomic mass is 16.5. The number of morpholine rings is 1. The Balaban J connectivity index is 1.80. The lowest BCUT2D eigenvalue weighted by Gasteiger charge is -2.32. The first-order valence-corrected chi connectivity index (χ1v) is 7.58. The second-order valence-corrected chi connectivity index (χ2v) is 5.38. The van der Waals surface area contributed by atoms with Crippen molar-refractivity contribution in [3.8, 4) is 0 Å². The molecule has 1 saturated heterocycles. The van der Waals surface area contributed by atoms with Crippen molar-refractivity contribution in [3.63, 3.8) is 0 Å². The summed E-state index contributed by atoms with van der Waals surface area (Å²) in [5, 5.41) is 6.06. The van der Waals surface area contributed by atoms with E-state index in [0.717, 1.165) is 31.7 Å². The van der Waals surface area contributed by atoms with E-state index in [4.69, 9.17) is 4.74 Å². The number of carbonyl (C=O) groups is 1. The van der Waals surface area contributed by atoms with Crippen LogP contribution in [0.25, 0.3) is 0 Å². The minimum Gasteiger partial charge on any atom is -0.374 e. The van der Waals surface area contributed by atoms with Gasteiger partial charge in [0.05, 0.1) is 19.3 Å². The van der Waals surface area contributed by atoms with Crippen molar-refractivity contribution in [2.45, 2.75) is 19.4 Å². The number of nitrogens with zero attached hydrogens (tertiary/aromatic N) is 1. The van der Waals surface area contributed by atoms with Crippen LogP contribution in [0.5, 0.6) is 0 Å². The molecule has 1 unspecified atom stereocenters. The number of aryl methyl sites for hydroxylation is 1. The normalized spacial score (nSPS) is 19.4. The van der Waals surface area contributed by atoms with Crippen molar-refractivity contribution in [1.82, 2.24) is 10.2 Å². The Bertz CT molecular complexity index is 445. The number of anilines is 1. The van der Waals surface area contributed by atoms with Gasteiger partial charge in [0.25, 0.3) is 0 Å². The van der Waals surface area contributed by atoms with Gasteiger partial charge in [0.15, 0.2) is 0 Å². The maximum Gasteiger partial charge on any atom is 0.238 e. The molecule has 0 saturated carbocycles. The van der Waals surface area contributed by atoms with Gasteiger partial charge < -0.3 is 15.4 Å². The molecule has 0 bridgehead atoms. The Morgan fingerprint density at radius 2 is 2.14 bits per heavy atom. The third-order valence-corrected chi connectivity index (χ3v) is 3.67. The molecule has 1 aliphatic heterocycles. The molecule has 2 rings (SSSR count). The number of hydrogen-bond acceptors (Lipinski definition) is 4. The van der Waals surface area contributed by atoms with Crippen LogP contribution in [0.3, 0.4) is 0 Å². The fourth-order valence-electron chi connectivity index (χ4n) is 2.50. The topological polar surface area (TPSA) is 53.6 Å². The molecular formula is C16H25N3O2. The van der Waals surface area contributed by atoms with E-state index < -0.39 is 0 Å². The van der Waals surface area contributed by atoms with E-state index in [1.165, 1.54) is 5.56 Å². The summed E-state index contributed by atoms with van der Waals surface area (Å²) >= 11 is 0. The Kier molecular flexibility index (Phi) is 6.17. The molecule has 1 aromatic carbocycles. The van der Waals surface area contributed by atoms with Crippen LogP contribution in [0.2, 0.25) is 0 Å². The molecule has 1 heterocycles. The zero-order chi connectivity index (χ0) is 15.1. The van der Waals surface area contributed by atoms with E-state index in [0.29, 0.717) is 13.2 Å². The minimum absolute atomic E-state index is 0.0318. The Hall–Kier alpha value is -1.43. The number of likely N-dealkylation sites (N-methyl/N-ethyl adjacent to an activating group) is 1. The third kappa shape index (κ3) is 5.12. The molecule has 1 atom stereocenters. The highest BCUT2D eigenvalue weighted by Crippen LogP contribution is 2.10. The third-order valence-electron chi connectivity index (χ3n) is 3.67. The second-order valence-electron chi connectivity index (χ2n) is 5.38. The van der Waals surface area contributed by atoms with Crippen molar-refractivity contribution in [2.75, 3.05) is 45.2 Å². The predicted octanol–water partition coefficient (Wildman–Crippen LogP) is 1.11. The lowest BCUT2D eigenvalue weighted by atomic mass is 10.1. The van der Waals surface area contributed by atoms with Crippen molar-refractivity contribution < 1.29 is 9.53 Å². The Morgan fingerprint density at radius 1 is 1.38 bits per heavy atom. The van der Waals surface area contributed by atoms with Gasteiger partial charge in [-0.2, -0.15) is 0 Å². The van der Waals surface area contributed by atoms with Crippen LogP contribution in [0, 0.1) is 0 Å². The summed E-state index contributed by atoms with van der Waals surface area (Å²) in [5.74, 6) is 0.0318. The van der Waals surface area contributed by atoms with Gasteiger partial charge in [0.1, 0.15) is 0 Å². The molecule has 0 aromatic heterocycles. The molecule has 2 N–H and O–H groups in total. The predicted molar refractivity (Wildman–Crippen MR) is 84.6 cm³/mol. The molecule has 5 nitrogen and oxygen atoms in total. The van der Waals surface area contributed by atoms with Crippen LogP contribution in [-0.4, -0.2) is 56.7 Å². The average molecular weight is 291 g/mol. The van der Waals surface area contributed by atoms with E-state index in [9.17, 15) is 4.79 Å². The fourth-order valence-corrected chi connectivity index (χ4v) is 2.50. The van der Waals surface area contributed by atoms with Gasteiger partial charge in [-0.3, -0.25) is 9.69 Å².